The molecule has 1 unspecified atom stereocenters. The molecule has 2 aromatic carbocycles. The molecule has 6 nitrogen and oxygen atoms in total. The summed E-state index contributed by atoms with van der Waals surface area (Å²) in [6, 6.07) is 11.3. The van der Waals surface area contributed by atoms with E-state index in [0.717, 1.165) is 17.7 Å². The fourth-order valence-corrected chi connectivity index (χ4v) is 3.14. The van der Waals surface area contributed by atoms with Gasteiger partial charge in [-0.05, 0) is 61.9 Å². The lowest BCUT2D eigenvalue weighted by Gasteiger charge is -2.28. The van der Waals surface area contributed by atoms with E-state index < -0.39 is 11.7 Å². The number of halogens is 3. The van der Waals surface area contributed by atoms with Crippen LogP contribution in [0.3, 0.4) is 0 Å². The van der Waals surface area contributed by atoms with Crippen molar-refractivity contribution >= 4 is 5.91 Å². The Hall–Kier alpha value is -3.36. The molecule has 3 rings (SSSR count). The molecule has 0 aliphatic carbocycles. The second-order valence-corrected chi connectivity index (χ2v) is 7.32. The van der Waals surface area contributed by atoms with Crippen molar-refractivity contribution in [3.8, 4) is 17.1 Å². The van der Waals surface area contributed by atoms with E-state index in [2.05, 4.69) is 10.1 Å². The molecule has 32 heavy (non-hydrogen) atoms. The van der Waals surface area contributed by atoms with Gasteiger partial charge in [-0.2, -0.15) is 18.2 Å². The first kappa shape index (κ1) is 23.3. The molecule has 9 heteroatoms. The maximum absolute atomic E-state index is 13.0. The largest absolute Gasteiger partial charge is 0.497 e. The predicted molar refractivity (Wildman–Crippen MR) is 112 cm³/mol. The van der Waals surface area contributed by atoms with Crippen LogP contribution >= 0.6 is 0 Å². The Bertz CT molecular complexity index is 1030. The Morgan fingerprint density at radius 1 is 1.12 bits per heavy atom. The summed E-state index contributed by atoms with van der Waals surface area (Å²) in [6.07, 6.45) is -3.44. The molecule has 0 bridgehead atoms. The fourth-order valence-electron chi connectivity index (χ4n) is 3.14. The van der Waals surface area contributed by atoms with Crippen LogP contribution in [-0.4, -0.2) is 40.6 Å². The third-order valence-electron chi connectivity index (χ3n) is 5.23. The summed E-state index contributed by atoms with van der Waals surface area (Å²) in [5, 5.41) is 3.98. The van der Waals surface area contributed by atoms with Crippen LogP contribution in [-0.2, 0) is 12.6 Å². The average molecular weight is 447 g/mol. The zero-order valence-electron chi connectivity index (χ0n) is 18.0. The molecule has 0 radical (unpaired) electrons. The molecule has 0 fully saturated rings. The summed E-state index contributed by atoms with van der Waals surface area (Å²) in [7, 11) is 1.58. The molecule has 1 amide bonds. The van der Waals surface area contributed by atoms with Crippen LogP contribution in [0.4, 0.5) is 13.2 Å². The number of rotatable bonds is 8. The van der Waals surface area contributed by atoms with Crippen molar-refractivity contribution < 1.29 is 27.2 Å². The van der Waals surface area contributed by atoms with Gasteiger partial charge < -0.3 is 14.2 Å². The van der Waals surface area contributed by atoms with Crippen LogP contribution in [0, 0.1) is 0 Å². The van der Waals surface area contributed by atoms with E-state index in [1.165, 1.54) is 12.1 Å². The van der Waals surface area contributed by atoms with Crippen LogP contribution < -0.4 is 4.74 Å². The number of hydrogen-bond donors (Lipinski definition) is 0. The van der Waals surface area contributed by atoms with E-state index >= 15 is 0 Å². The van der Waals surface area contributed by atoms with Crippen LogP contribution in [0.1, 0.15) is 42.1 Å². The Morgan fingerprint density at radius 3 is 2.34 bits per heavy atom. The van der Waals surface area contributed by atoms with Gasteiger partial charge in [-0.25, -0.2) is 0 Å². The highest BCUT2D eigenvalue weighted by atomic mass is 19.4. The summed E-state index contributed by atoms with van der Waals surface area (Å²) >= 11 is 0. The van der Waals surface area contributed by atoms with E-state index in [1.54, 1.807) is 24.1 Å². The van der Waals surface area contributed by atoms with Crippen molar-refractivity contribution in [2.24, 2.45) is 0 Å². The standard InChI is InChI=1S/C23H24F3N3O3/c1-4-15(2)29(22(30)17-5-9-18(10-6-17)23(24,25)26)14-13-20-27-21(28-32-20)16-7-11-19(31-3)12-8-16/h5-12,15H,4,13-14H2,1-3H3. The van der Waals surface area contributed by atoms with Gasteiger partial charge in [0.2, 0.25) is 11.7 Å². The molecule has 0 aliphatic heterocycles. The van der Waals surface area contributed by atoms with E-state index in [1.807, 2.05) is 26.0 Å². The lowest BCUT2D eigenvalue weighted by molar-refractivity contribution is -0.137. The summed E-state index contributed by atoms with van der Waals surface area (Å²) < 4.78 is 48.9. The summed E-state index contributed by atoms with van der Waals surface area (Å²) in [5.74, 6) is 1.16. The molecule has 170 valence electrons. The molecular weight excluding hydrogens is 423 g/mol. The molecule has 0 spiro atoms. The van der Waals surface area contributed by atoms with Gasteiger partial charge in [0.05, 0.1) is 12.7 Å². The number of carbonyl (C=O) groups is 1. The molecule has 0 N–H and O–H groups in total. The van der Waals surface area contributed by atoms with E-state index in [0.29, 0.717) is 36.9 Å². The Labute approximate surface area is 184 Å². The van der Waals surface area contributed by atoms with Gasteiger partial charge in [0.25, 0.3) is 5.91 Å². The van der Waals surface area contributed by atoms with Crippen molar-refractivity contribution in [3.63, 3.8) is 0 Å². The van der Waals surface area contributed by atoms with Gasteiger partial charge in [-0.1, -0.05) is 12.1 Å². The number of alkyl halides is 3. The zero-order chi connectivity index (χ0) is 23.3. The van der Waals surface area contributed by atoms with Crippen molar-refractivity contribution in [2.45, 2.75) is 38.9 Å². The van der Waals surface area contributed by atoms with Gasteiger partial charge in [-0.3, -0.25) is 4.79 Å². The minimum absolute atomic E-state index is 0.117. The molecule has 1 aromatic heterocycles. The number of nitrogens with zero attached hydrogens (tertiary/aromatic N) is 3. The number of aromatic nitrogens is 2. The highest BCUT2D eigenvalue weighted by molar-refractivity contribution is 5.94. The SMILES string of the molecule is CCC(C)N(CCc1nc(-c2ccc(OC)cc2)no1)C(=O)c1ccc(C(F)(F)F)cc1. The summed E-state index contributed by atoms with van der Waals surface area (Å²) in [4.78, 5) is 19.0. The quantitative estimate of drug-likeness (QED) is 0.472. The second kappa shape index (κ2) is 9.84. The number of amides is 1. The van der Waals surface area contributed by atoms with Gasteiger partial charge in [0.1, 0.15) is 5.75 Å². The minimum atomic E-state index is -4.45. The Kier molecular flexibility index (Phi) is 7.17. The van der Waals surface area contributed by atoms with Crippen molar-refractivity contribution in [1.29, 1.82) is 0 Å². The molecule has 1 atom stereocenters. The number of carbonyl (C=O) groups excluding carboxylic acids is 1. The second-order valence-electron chi connectivity index (χ2n) is 7.32. The van der Waals surface area contributed by atoms with E-state index in [9.17, 15) is 18.0 Å². The van der Waals surface area contributed by atoms with E-state index in [-0.39, 0.29) is 17.5 Å². The Balaban J connectivity index is 1.71. The number of benzene rings is 2. The first-order chi connectivity index (χ1) is 15.2. The number of ether oxygens (including phenoxy) is 1. The zero-order valence-corrected chi connectivity index (χ0v) is 18.0. The average Bonchev–Trinajstić information content (AvgIpc) is 3.27. The van der Waals surface area contributed by atoms with Crippen LogP contribution in [0.25, 0.3) is 11.4 Å². The number of methoxy groups -OCH3 is 1. The van der Waals surface area contributed by atoms with Crippen LogP contribution in [0.2, 0.25) is 0 Å². The molecular formula is C23H24F3N3O3. The van der Waals surface area contributed by atoms with Gasteiger partial charge in [0.15, 0.2) is 0 Å². The highest BCUT2D eigenvalue weighted by Gasteiger charge is 2.30. The predicted octanol–water partition coefficient (Wildman–Crippen LogP) is 5.25. The van der Waals surface area contributed by atoms with Crippen molar-refractivity contribution in [3.05, 3.63) is 65.5 Å². The van der Waals surface area contributed by atoms with Crippen molar-refractivity contribution in [1.82, 2.24) is 15.0 Å². The molecule has 1 heterocycles. The van der Waals surface area contributed by atoms with Gasteiger partial charge in [-0.15, -0.1) is 0 Å². The fraction of sp³-hybridized carbons (Fsp3) is 0.348. The van der Waals surface area contributed by atoms with E-state index in [4.69, 9.17) is 9.26 Å². The normalized spacial score (nSPS) is 12.4. The van der Waals surface area contributed by atoms with Crippen LogP contribution in [0.15, 0.2) is 53.1 Å². The third-order valence-corrected chi connectivity index (χ3v) is 5.23. The maximum atomic E-state index is 13.0. The summed E-state index contributed by atoms with van der Waals surface area (Å²) in [6.45, 7) is 4.11. The molecule has 3 aromatic rings. The van der Waals surface area contributed by atoms with Crippen LogP contribution in [0.5, 0.6) is 5.75 Å². The third kappa shape index (κ3) is 5.46. The van der Waals surface area contributed by atoms with Crippen molar-refractivity contribution in [2.75, 3.05) is 13.7 Å². The highest BCUT2D eigenvalue weighted by Crippen LogP contribution is 2.29. The maximum Gasteiger partial charge on any atom is 0.416 e. The molecule has 0 aliphatic rings. The monoisotopic (exact) mass is 447 g/mol. The topological polar surface area (TPSA) is 68.5 Å². The smallest absolute Gasteiger partial charge is 0.416 e. The first-order valence-corrected chi connectivity index (χ1v) is 10.2. The molecule has 0 saturated heterocycles. The Morgan fingerprint density at radius 2 is 1.78 bits per heavy atom. The molecule has 0 saturated carbocycles. The van der Waals surface area contributed by atoms with Gasteiger partial charge in [0, 0.05) is 30.1 Å². The van der Waals surface area contributed by atoms with Gasteiger partial charge >= 0.3 is 6.18 Å². The number of hydrogen-bond acceptors (Lipinski definition) is 5. The summed E-state index contributed by atoms with van der Waals surface area (Å²) in [5.41, 5.74) is 0.171. The lowest BCUT2D eigenvalue weighted by Crippen LogP contribution is -2.39. The lowest BCUT2D eigenvalue weighted by atomic mass is 10.1. The minimum Gasteiger partial charge on any atom is -0.497 e. The first-order valence-electron chi connectivity index (χ1n) is 10.2.